The monoisotopic (exact) mass is 422 g/mol. The van der Waals surface area contributed by atoms with Crippen molar-refractivity contribution in [2.45, 2.75) is 109 Å². The average molecular weight is 423 g/mol. The Bertz CT molecular complexity index is 542. The molecule has 0 amide bonds. The van der Waals surface area contributed by atoms with Gasteiger partial charge in [-0.25, -0.2) is 0 Å². The van der Waals surface area contributed by atoms with Crippen LogP contribution in [-0.4, -0.2) is 21.9 Å². The van der Waals surface area contributed by atoms with Crippen molar-refractivity contribution in [1.29, 1.82) is 0 Å². The number of rotatable bonds is 18. The maximum absolute atomic E-state index is 10.6. The molecule has 0 aliphatic heterocycles. The maximum Gasteiger partial charge on any atom is 0.303 e. The minimum atomic E-state index is -0.675. The zero-order chi connectivity index (χ0) is 21.3. The van der Waals surface area contributed by atoms with E-state index < -0.39 is 5.97 Å². The number of carboxylic acid groups (broad SMARTS) is 1. The summed E-state index contributed by atoms with van der Waals surface area (Å²) in [6.45, 7) is 4.40. The predicted molar refractivity (Wildman–Crippen MR) is 126 cm³/mol. The Morgan fingerprint density at radius 2 is 1.34 bits per heavy atom. The molecule has 0 aliphatic rings. The van der Waals surface area contributed by atoms with Gasteiger partial charge in [0.2, 0.25) is 0 Å². The molecule has 1 aromatic carbocycles. The highest BCUT2D eigenvalue weighted by Crippen LogP contribution is 2.29. The fourth-order valence-corrected chi connectivity index (χ4v) is 4.54. The minimum Gasteiger partial charge on any atom is -0.507 e. The van der Waals surface area contributed by atoms with Gasteiger partial charge in [0.25, 0.3) is 0 Å². The second-order valence-corrected chi connectivity index (χ2v) is 9.25. The number of hydrogen-bond acceptors (Lipinski definition) is 3. The number of carbonyl (C=O) groups is 1. The van der Waals surface area contributed by atoms with E-state index in [1.165, 1.54) is 37.0 Å². The highest BCUT2D eigenvalue weighted by Gasteiger charge is 2.10. The van der Waals surface area contributed by atoms with Crippen LogP contribution in [0.5, 0.6) is 5.75 Å². The quantitative estimate of drug-likeness (QED) is 0.240. The van der Waals surface area contributed by atoms with E-state index in [1.807, 2.05) is 11.8 Å². The van der Waals surface area contributed by atoms with Crippen LogP contribution in [0.25, 0.3) is 0 Å². The SMILES string of the molecule is CCCCc1cc(CSCCCCCCCCCC(=O)O)cc(CCCC)c1O. The molecule has 1 aromatic rings. The molecule has 0 saturated heterocycles. The Morgan fingerprint density at radius 3 is 1.86 bits per heavy atom. The van der Waals surface area contributed by atoms with E-state index in [4.69, 9.17) is 5.11 Å². The van der Waals surface area contributed by atoms with E-state index >= 15 is 0 Å². The Labute approximate surface area is 182 Å². The lowest BCUT2D eigenvalue weighted by atomic mass is 9.97. The van der Waals surface area contributed by atoms with Gasteiger partial charge in [0, 0.05) is 12.2 Å². The van der Waals surface area contributed by atoms with Crippen molar-refractivity contribution in [3.63, 3.8) is 0 Å². The molecule has 4 heteroatoms. The summed E-state index contributed by atoms with van der Waals surface area (Å²) in [6.07, 6.45) is 14.9. The molecule has 0 unspecified atom stereocenters. The van der Waals surface area contributed by atoms with Crippen LogP contribution < -0.4 is 0 Å². The van der Waals surface area contributed by atoms with Crippen molar-refractivity contribution in [2.75, 3.05) is 5.75 Å². The number of phenolic OH excluding ortho intramolecular Hbond substituents is 1. The van der Waals surface area contributed by atoms with E-state index in [-0.39, 0.29) is 0 Å². The van der Waals surface area contributed by atoms with Crippen molar-refractivity contribution in [2.24, 2.45) is 0 Å². The first-order chi connectivity index (χ1) is 14.1. The van der Waals surface area contributed by atoms with Crippen LogP contribution in [-0.2, 0) is 23.4 Å². The highest BCUT2D eigenvalue weighted by molar-refractivity contribution is 7.98. The van der Waals surface area contributed by atoms with Gasteiger partial charge in [0.1, 0.15) is 5.75 Å². The van der Waals surface area contributed by atoms with E-state index in [2.05, 4.69) is 26.0 Å². The lowest BCUT2D eigenvalue weighted by Gasteiger charge is -2.13. The molecule has 29 heavy (non-hydrogen) atoms. The van der Waals surface area contributed by atoms with Crippen molar-refractivity contribution < 1.29 is 15.0 Å². The molecule has 0 spiro atoms. The number of hydrogen-bond donors (Lipinski definition) is 2. The van der Waals surface area contributed by atoms with Gasteiger partial charge in [-0.2, -0.15) is 11.8 Å². The van der Waals surface area contributed by atoms with Gasteiger partial charge in [-0.3, -0.25) is 4.79 Å². The molecule has 2 N–H and O–H groups in total. The van der Waals surface area contributed by atoms with Gasteiger partial charge in [-0.1, -0.05) is 70.9 Å². The normalized spacial score (nSPS) is 11.1. The summed E-state index contributed by atoms with van der Waals surface area (Å²) in [6, 6.07) is 4.45. The zero-order valence-corrected chi connectivity index (χ0v) is 19.5. The summed E-state index contributed by atoms with van der Waals surface area (Å²) in [5.41, 5.74) is 3.64. The lowest BCUT2D eigenvalue weighted by molar-refractivity contribution is -0.137. The smallest absolute Gasteiger partial charge is 0.303 e. The topological polar surface area (TPSA) is 57.5 Å². The Kier molecular flexibility index (Phi) is 14.8. The molecule has 0 aliphatic carbocycles. The fraction of sp³-hybridized carbons (Fsp3) is 0.720. The van der Waals surface area contributed by atoms with E-state index in [0.29, 0.717) is 12.2 Å². The van der Waals surface area contributed by atoms with Crippen molar-refractivity contribution in [1.82, 2.24) is 0 Å². The first kappa shape index (κ1) is 25.9. The summed E-state index contributed by atoms with van der Waals surface area (Å²) < 4.78 is 0. The first-order valence-electron chi connectivity index (χ1n) is 11.7. The lowest BCUT2D eigenvalue weighted by Crippen LogP contribution is -1.96. The number of aryl methyl sites for hydroxylation is 2. The molecule has 0 fully saturated rings. The molecule has 3 nitrogen and oxygen atoms in total. The van der Waals surface area contributed by atoms with Gasteiger partial charge >= 0.3 is 5.97 Å². The van der Waals surface area contributed by atoms with Gasteiger partial charge in [-0.05, 0) is 61.0 Å². The number of phenols is 1. The summed E-state index contributed by atoms with van der Waals surface area (Å²) in [7, 11) is 0. The van der Waals surface area contributed by atoms with Crippen LogP contribution in [0.2, 0.25) is 0 Å². The first-order valence-corrected chi connectivity index (χ1v) is 12.9. The molecular weight excluding hydrogens is 380 g/mol. The Hall–Kier alpha value is -1.16. The van der Waals surface area contributed by atoms with Crippen LogP contribution in [0.1, 0.15) is 108 Å². The third-order valence-corrected chi connectivity index (χ3v) is 6.49. The fourth-order valence-electron chi connectivity index (χ4n) is 3.59. The molecule has 0 saturated carbocycles. The van der Waals surface area contributed by atoms with E-state index in [0.717, 1.165) is 74.7 Å². The van der Waals surface area contributed by atoms with Crippen LogP contribution in [0.3, 0.4) is 0 Å². The van der Waals surface area contributed by atoms with Gasteiger partial charge in [0.15, 0.2) is 0 Å². The molecule has 0 radical (unpaired) electrons. The van der Waals surface area contributed by atoms with E-state index in [1.54, 1.807) is 0 Å². The zero-order valence-electron chi connectivity index (χ0n) is 18.7. The number of carboxylic acids is 1. The molecule has 0 heterocycles. The molecule has 0 atom stereocenters. The number of aromatic hydroxyl groups is 1. The number of unbranched alkanes of at least 4 members (excludes halogenated alkanes) is 8. The maximum atomic E-state index is 10.6. The second-order valence-electron chi connectivity index (χ2n) is 8.14. The minimum absolute atomic E-state index is 0.314. The summed E-state index contributed by atoms with van der Waals surface area (Å²) >= 11 is 2.01. The predicted octanol–water partition coefficient (Wildman–Crippen LogP) is 7.52. The second kappa shape index (κ2) is 16.6. The molecule has 0 bridgehead atoms. The third kappa shape index (κ3) is 12.2. The van der Waals surface area contributed by atoms with Crippen LogP contribution >= 0.6 is 11.8 Å². The number of aliphatic carboxylic acids is 1. The highest BCUT2D eigenvalue weighted by atomic mass is 32.2. The van der Waals surface area contributed by atoms with Crippen LogP contribution in [0.15, 0.2) is 12.1 Å². The van der Waals surface area contributed by atoms with Crippen molar-refractivity contribution in [3.8, 4) is 5.75 Å². The van der Waals surface area contributed by atoms with Crippen molar-refractivity contribution in [3.05, 3.63) is 28.8 Å². The third-order valence-electron chi connectivity index (χ3n) is 5.37. The average Bonchev–Trinajstić information content (AvgIpc) is 2.70. The van der Waals surface area contributed by atoms with Gasteiger partial charge in [-0.15, -0.1) is 0 Å². The summed E-state index contributed by atoms with van der Waals surface area (Å²) in [5, 5.41) is 19.2. The Balaban J connectivity index is 2.29. The largest absolute Gasteiger partial charge is 0.507 e. The molecule has 1 rings (SSSR count). The summed E-state index contributed by atoms with van der Waals surface area (Å²) in [4.78, 5) is 10.5. The van der Waals surface area contributed by atoms with Gasteiger partial charge in [0.05, 0.1) is 0 Å². The standard InChI is InChI=1S/C25H42O3S/c1-3-5-14-22-18-21(19-23(25(22)28)15-6-4-2)20-29-17-13-11-9-7-8-10-12-16-24(26)27/h18-19,28H,3-17,20H2,1-2H3,(H,26,27). The number of thioether (sulfide) groups is 1. The Morgan fingerprint density at radius 1 is 0.828 bits per heavy atom. The van der Waals surface area contributed by atoms with Gasteiger partial charge < -0.3 is 10.2 Å². The number of benzene rings is 1. The molecule has 166 valence electrons. The van der Waals surface area contributed by atoms with Crippen LogP contribution in [0, 0.1) is 0 Å². The van der Waals surface area contributed by atoms with Crippen LogP contribution in [0.4, 0.5) is 0 Å². The molecular formula is C25H42O3S. The van der Waals surface area contributed by atoms with Crippen molar-refractivity contribution >= 4 is 17.7 Å². The van der Waals surface area contributed by atoms with E-state index in [9.17, 15) is 9.90 Å². The summed E-state index contributed by atoms with van der Waals surface area (Å²) in [5.74, 6) is 2.09. The molecule has 0 aromatic heterocycles.